The van der Waals surface area contributed by atoms with E-state index in [0.717, 1.165) is 12.8 Å². The van der Waals surface area contributed by atoms with Crippen LogP contribution in [0.3, 0.4) is 0 Å². The quantitative estimate of drug-likeness (QED) is 0.853. The fraction of sp³-hybridized carbons (Fsp3) is 0.429. The maximum absolute atomic E-state index is 13.9. The van der Waals surface area contributed by atoms with Crippen LogP contribution < -0.4 is 5.32 Å². The molecule has 1 saturated carbocycles. The molecular weight excluding hydrogens is 283 g/mol. The average Bonchev–Trinajstić information content (AvgIpc) is 2.96. The molecule has 0 unspecified atom stereocenters. The highest BCUT2D eigenvalue weighted by Gasteiger charge is 2.54. The van der Waals surface area contributed by atoms with Crippen molar-refractivity contribution in [2.45, 2.75) is 37.8 Å². The number of hydrogen-bond acceptors (Lipinski definition) is 2. The van der Waals surface area contributed by atoms with Crippen molar-refractivity contribution >= 4 is 23.5 Å². The van der Waals surface area contributed by atoms with Crippen LogP contribution in [0.2, 0.25) is 5.02 Å². The Morgan fingerprint density at radius 1 is 1.30 bits per heavy atom. The zero-order chi connectivity index (χ0) is 14.3. The number of carbonyl (C=O) groups excluding carboxylic acids is 2. The van der Waals surface area contributed by atoms with Gasteiger partial charge in [0.15, 0.2) is 0 Å². The first-order chi connectivity index (χ1) is 9.54. The third-order valence-electron chi connectivity index (χ3n) is 4.21. The van der Waals surface area contributed by atoms with Crippen LogP contribution in [0, 0.1) is 5.82 Å². The topological polar surface area (TPSA) is 49.4 Å². The van der Waals surface area contributed by atoms with Crippen molar-refractivity contribution in [1.29, 1.82) is 0 Å². The molecule has 1 aliphatic heterocycles. The van der Waals surface area contributed by atoms with E-state index in [0.29, 0.717) is 12.8 Å². The van der Waals surface area contributed by atoms with Crippen LogP contribution >= 0.6 is 11.6 Å². The molecule has 1 saturated heterocycles. The second kappa shape index (κ2) is 4.74. The minimum absolute atomic E-state index is 0.0169. The van der Waals surface area contributed by atoms with Crippen LogP contribution in [0.25, 0.3) is 0 Å². The normalized spacial score (nSPS) is 20.8. The number of urea groups is 1. The SMILES string of the molecule is O=C1NC(=O)C2(CCCC2)N1Cc1c(F)cccc1Cl. The standard InChI is InChI=1S/C14H14ClFN2O2/c15-10-4-3-5-11(16)9(10)8-18-13(20)17-12(19)14(18)6-1-2-7-14/h3-5H,1-2,6-8H2,(H,17,19,20). The number of nitrogens with one attached hydrogen (secondary N) is 1. The van der Waals surface area contributed by atoms with E-state index >= 15 is 0 Å². The van der Waals surface area contributed by atoms with Crippen LogP contribution in [-0.4, -0.2) is 22.4 Å². The molecule has 1 aromatic carbocycles. The molecule has 1 heterocycles. The Kier molecular flexibility index (Phi) is 3.17. The third-order valence-corrected chi connectivity index (χ3v) is 4.57. The van der Waals surface area contributed by atoms with Gasteiger partial charge in [0.05, 0.1) is 6.54 Å². The summed E-state index contributed by atoms with van der Waals surface area (Å²) in [5.74, 6) is -0.731. The van der Waals surface area contributed by atoms with Gasteiger partial charge in [-0.1, -0.05) is 30.5 Å². The number of rotatable bonds is 2. The minimum atomic E-state index is -0.817. The van der Waals surface area contributed by atoms with E-state index in [-0.39, 0.29) is 23.0 Å². The molecule has 106 valence electrons. The number of benzene rings is 1. The first-order valence-corrected chi connectivity index (χ1v) is 6.98. The predicted octanol–water partition coefficient (Wildman–Crippen LogP) is 2.84. The number of amides is 3. The fourth-order valence-electron chi connectivity index (χ4n) is 3.12. The first kappa shape index (κ1) is 13.4. The summed E-state index contributed by atoms with van der Waals surface area (Å²) in [5, 5.41) is 2.61. The summed E-state index contributed by atoms with van der Waals surface area (Å²) in [6, 6.07) is 3.94. The summed E-state index contributed by atoms with van der Waals surface area (Å²) in [5.41, 5.74) is -0.562. The van der Waals surface area contributed by atoms with Crippen molar-refractivity contribution < 1.29 is 14.0 Å². The van der Waals surface area contributed by atoms with Crippen LogP contribution in [0.15, 0.2) is 18.2 Å². The highest BCUT2D eigenvalue weighted by atomic mass is 35.5. The molecule has 4 nitrogen and oxygen atoms in total. The maximum atomic E-state index is 13.9. The molecule has 2 aliphatic rings. The van der Waals surface area contributed by atoms with Crippen molar-refractivity contribution in [2.75, 3.05) is 0 Å². The van der Waals surface area contributed by atoms with Crippen molar-refractivity contribution in [3.63, 3.8) is 0 Å². The molecule has 1 N–H and O–H groups in total. The zero-order valence-electron chi connectivity index (χ0n) is 10.8. The molecule has 0 radical (unpaired) electrons. The lowest BCUT2D eigenvalue weighted by Gasteiger charge is -2.31. The van der Waals surface area contributed by atoms with Gasteiger partial charge < -0.3 is 4.90 Å². The van der Waals surface area contributed by atoms with Gasteiger partial charge in [-0.15, -0.1) is 0 Å². The monoisotopic (exact) mass is 296 g/mol. The van der Waals surface area contributed by atoms with Crippen molar-refractivity contribution in [1.82, 2.24) is 10.2 Å². The molecule has 2 fully saturated rings. The second-order valence-corrected chi connectivity index (χ2v) is 5.69. The summed E-state index contributed by atoms with van der Waals surface area (Å²) >= 11 is 6.00. The van der Waals surface area contributed by atoms with Crippen LogP contribution in [0.1, 0.15) is 31.2 Å². The van der Waals surface area contributed by atoms with Crippen LogP contribution in [-0.2, 0) is 11.3 Å². The largest absolute Gasteiger partial charge is 0.325 e. The molecule has 3 amide bonds. The summed E-state index contributed by atoms with van der Waals surface area (Å²) < 4.78 is 13.9. The van der Waals surface area contributed by atoms with E-state index < -0.39 is 17.4 Å². The maximum Gasteiger partial charge on any atom is 0.325 e. The molecule has 0 aromatic heterocycles. The third kappa shape index (κ3) is 1.88. The Hall–Kier alpha value is -1.62. The lowest BCUT2D eigenvalue weighted by molar-refractivity contribution is -0.126. The zero-order valence-corrected chi connectivity index (χ0v) is 11.5. The van der Waals surface area contributed by atoms with E-state index in [2.05, 4.69) is 5.32 Å². The van der Waals surface area contributed by atoms with E-state index in [1.54, 1.807) is 6.07 Å². The summed E-state index contributed by atoms with van der Waals surface area (Å²) in [6.45, 7) is 0.0169. The van der Waals surface area contributed by atoms with Crippen LogP contribution in [0.5, 0.6) is 0 Å². The van der Waals surface area contributed by atoms with Gasteiger partial charge in [0.25, 0.3) is 5.91 Å². The number of hydrogen-bond donors (Lipinski definition) is 1. The number of carbonyl (C=O) groups is 2. The van der Waals surface area contributed by atoms with E-state index in [1.807, 2.05) is 0 Å². The molecule has 0 bridgehead atoms. The molecule has 1 spiro atoms. The highest BCUT2D eigenvalue weighted by molar-refractivity contribution is 6.31. The summed E-state index contributed by atoms with van der Waals surface area (Å²) in [6.07, 6.45) is 3.03. The Morgan fingerprint density at radius 2 is 2.00 bits per heavy atom. The van der Waals surface area contributed by atoms with E-state index in [4.69, 9.17) is 11.6 Å². The van der Waals surface area contributed by atoms with Crippen molar-refractivity contribution in [2.24, 2.45) is 0 Å². The van der Waals surface area contributed by atoms with Crippen molar-refractivity contribution in [3.8, 4) is 0 Å². The minimum Gasteiger partial charge on any atom is -0.305 e. The van der Waals surface area contributed by atoms with Crippen molar-refractivity contribution in [3.05, 3.63) is 34.6 Å². The molecule has 0 atom stereocenters. The lowest BCUT2D eigenvalue weighted by atomic mass is 9.95. The van der Waals surface area contributed by atoms with E-state index in [9.17, 15) is 14.0 Å². The molecule has 1 aromatic rings. The first-order valence-electron chi connectivity index (χ1n) is 6.60. The van der Waals surface area contributed by atoms with Gasteiger partial charge in [0.2, 0.25) is 0 Å². The van der Waals surface area contributed by atoms with Gasteiger partial charge in [-0.25, -0.2) is 9.18 Å². The number of imide groups is 1. The number of halogens is 2. The summed E-state index contributed by atoms with van der Waals surface area (Å²) in [7, 11) is 0. The molecule has 1 aliphatic carbocycles. The second-order valence-electron chi connectivity index (χ2n) is 5.28. The lowest BCUT2D eigenvalue weighted by Crippen LogP contribution is -2.47. The molecule has 3 rings (SSSR count). The average molecular weight is 297 g/mol. The van der Waals surface area contributed by atoms with Gasteiger partial charge in [0, 0.05) is 10.6 Å². The van der Waals surface area contributed by atoms with Crippen LogP contribution in [0.4, 0.5) is 9.18 Å². The molecule has 6 heteroatoms. The van der Waals surface area contributed by atoms with Gasteiger partial charge >= 0.3 is 6.03 Å². The van der Waals surface area contributed by atoms with Gasteiger partial charge in [-0.3, -0.25) is 10.1 Å². The Bertz CT molecular complexity index is 564. The Morgan fingerprint density at radius 3 is 2.65 bits per heavy atom. The highest BCUT2D eigenvalue weighted by Crippen LogP contribution is 2.40. The fourth-order valence-corrected chi connectivity index (χ4v) is 3.34. The van der Waals surface area contributed by atoms with Gasteiger partial charge in [-0.05, 0) is 25.0 Å². The Labute approximate surface area is 120 Å². The van der Waals surface area contributed by atoms with E-state index in [1.165, 1.54) is 17.0 Å². The molecule has 20 heavy (non-hydrogen) atoms. The van der Waals surface area contributed by atoms with Gasteiger partial charge in [0.1, 0.15) is 11.4 Å². The summed E-state index contributed by atoms with van der Waals surface area (Å²) in [4.78, 5) is 25.5. The van der Waals surface area contributed by atoms with Gasteiger partial charge in [-0.2, -0.15) is 0 Å². The number of nitrogens with zero attached hydrogens (tertiary/aromatic N) is 1. The Balaban J connectivity index is 1.96. The smallest absolute Gasteiger partial charge is 0.305 e. The predicted molar refractivity (Wildman–Crippen MR) is 71.7 cm³/mol. The molecular formula is C14H14ClFN2O2.